The molecule has 4 nitrogen and oxygen atoms in total. The van der Waals surface area contributed by atoms with Gasteiger partial charge in [0.25, 0.3) is 0 Å². The zero-order chi connectivity index (χ0) is 14.6. The van der Waals surface area contributed by atoms with E-state index in [-0.39, 0.29) is 5.91 Å². The summed E-state index contributed by atoms with van der Waals surface area (Å²) in [4.78, 5) is 16.5. The Hall–Kier alpha value is -0.610. The molecule has 0 aromatic carbocycles. The van der Waals surface area contributed by atoms with Crippen LogP contribution >= 0.6 is 0 Å². The van der Waals surface area contributed by atoms with Gasteiger partial charge in [0, 0.05) is 18.6 Å². The van der Waals surface area contributed by atoms with E-state index in [1.165, 1.54) is 6.42 Å². The Balaban J connectivity index is 2.61. The van der Waals surface area contributed by atoms with Crippen LogP contribution in [0.25, 0.3) is 0 Å². The number of likely N-dealkylation sites (N-methyl/N-ethyl adjacent to an activating group) is 1. The topological polar surface area (TPSA) is 43.8 Å². The van der Waals surface area contributed by atoms with Gasteiger partial charge in [-0.25, -0.2) is 0 Å². The number of likely N-dealkylation sites (tertiary alicyclic amines) is 1. The first-order valence-corrected chi connectivity index (χ1v) is 7.50. The zero-order valence-electron chi connectivity index (χ0n) is 13.1. The fourth-order valence-electron chi connectivity index (χ4n) is 3.01. The molecule has 0 saturated carbocycles. The van der Waals surface area contributed by atoms with Crippen LogP contribution < -0.4 is 0 Å². The highest BCUT2D eigenvalue weighted by atomic mass is 16.3. The summed E-state index contributed by atoms with van der Waals surface area (Å²) >= 11 is 0. The Morgan fingerprint density at radius 2 is 1.84 bits per heavy atom. The SMILES string of the molecule is CCN(CC(=O)N1C(C)CCCC1C)CC(C)(C)O. The van der Waals surface area contributed by atoms with Crippen molar-refractivity contribution in [3.05, 3.63) is 0 Å². The molecular weight excluding hydrogens is 240 g/mol. The van der Waals surface area contributed by atoms with E-state index in [1.807, 2.05) is 16.7 Å². The molecule has 4 heteroatoms. The number of hydrogen-bond donors (Lipinski definition) is 1. The second-order valence-electron chi connectivity index (χ2n) is 6.55. The highest BCUT2D eigenvalue weighted by Crippen LogP contribution is 2.22. The maximum Gasteiger partial charge on any atom is 0.237 e. The van der Waals surface area contributed by atoms with Crippen molar-refractivity contribution >= 4 is 5.91 Å². The summed E-state index contributed by atoms with van der Waals surface area (Å²) < 4.78 is 0. The van der Waals surface area contributed by atoms with Crippen LogP contribution in [0.4, 0.5) is 0 Å². The van der Waals surface area contributed by atoms with Crippen LogP contribution in [-0.4, -0.2) is 58.1 Å². The number of piperidine rings is 1. The fourth-order valence-corrected chi connectivity index (χ4v) is 3.01. The van der Waals surface area contributed by atoms with E-state index < -0.39 is 5.60 Å². The Kier molecular flexibility index (Phi) is 5.81. The Labute approximate surface area is 117 Å². The number of amides is 1. The third-order valence-corrected chi connectivity index (χ3v) is 3.90. The van der Waals surface area contributed by atoms with E-state index in [1.54, 1.807) is 13.8 Å². The van der Waals surface area contributed by atoms with Crippen molar-refractivity contribution in [2.45, 2.75) is 71.6 Å². The molecule has 19 heavy (non-hydrogen) atoms. The Morgan fingerprint density at radius 1 is 1.32 bits per heavy atom. The van der Waals surface area contributed by atoms with E-state index in [0.717, 1.165) is 19.4 Å². The van der Waals surface area contributed by atoms with Gasteiger partial charge < -0.3 is 10.0 Å². The molecule has 1 fully saturated rings. The van der Waals surface area contributed by atoms with E-state index in [2.05, 4.69) is 13.8 Å². The molecule has 1 amide bonds. The molecule has 0 aromatic heterocycles. The summed E-state index contributed by atoms with van der Waals surface area (Å²) in [7, 11) is 0. The molecule has 1 N–H and O–H groups in total. The van der Waals surface area contributed by atoms with Crippen LogP contribution in [0.2, 0.25) is 0 Å². The molecule has 1 aliphatic rings. The summed E-state index contributed by atoms with van der Waals surface area (Å²) in [5.74, 6) is 0.200. The van der Waals surface area contributed by atoms with Crippen molar-refractivity contribution in [2.75, 3.05) is 19.6 Å². The van der Waals surface area contributed by atoms with Gasteiger partial charge in [-0.1, -0.05) is 6.92 Å². The molecule has 1 heterocycles. The third-order valence-electron chi connectivity index (χ3n) is 3.90. The highest BCUT2D eigenvalue weighted by molar-refractivity contribution is 5.79. The molecule has 0 aliphatic carbocycles. The lowest BCUT2D eigenvalue weighted by molar-refractivity contribution is -0.139. The first-order chi connectivity index (χ1) is 8.74. The van der Waals surface area contributed by atoms with Gasteiger partial charge in [-0.3, -0.25) is 9.69 Å². The summed E-state index contributed by atoms with van der Waals surface area (Å²) in [6, 6.07) is 0.689. The second-order valence-corrected chi connectivity index (χ2v) is 6.55. The first kappa shape index (κ1) is 16.4. The maximum absolute atomic E-state index is 12.5. The lowest BCUT2D eigenvalue weighted by Gasteiger charge is -2.40. The quantitative estimate of drug-likeness (QED) is 0.829. The number of nitrogens with zero attached hydrogens (tertiary/aromatic N) is 2. The van der Waals surface area contributed by atoms with Gasteiger partial charge in [0.15, 0.2) is 0 Å². The van der Waals surface area contributed by atoms with E-state index in [0.29, 0.717) is 25.2 Å². The minimum absolute atomic E-state index is 0.200. The number of hydrogen-bond acceptors (Lipinski definition) is 3. The molecule has 0 bridgehead atoms. The second kappa shape index (κ2) is 6.71. The highest BCUT2D eigenvalue weighted by Gasteiger charge is 2.30. The summed E-state index contributed by atoms with van der Waals surface area (Å²) in [5, 5.41) is 9.88. The van der Waals surface area contributed by atoms with Crippen LogP contribution in [0, 0.1) is 0 Å². The number of carbonyl (C=O) groups excluding carboxylic acids is 1. The normalized spacial score (nSPS) is 24.9. The maximum atomic E-state index is 12.5. The number of rotatable bonds is 5. The van der Waals surface area contributed by atoms with Crippen LogP contribution in [0.1, 0.15) is 53.9 Å². The number of carbonyl (C=O) groups is 1. The van der Waals surface area contributed by atoms with Crippen molar-refractivity contribution in [3.8, 4) is 0 Å². The summed E-state index contributed by atoms with van der Waals surface area (Å²) in [6.45, 7) is 11.6. The minimum Gasteiger partial charge on any atom is -0.389 e. The average Bonchev–Trinajstić information content (AvgIpc) is 2.25. The van der Waals surface area contributed by atoms with E-state index >= 15 is 0 Å². The molecule has 112 valence electrons. The van der Waals surface area contributed by atoms with Crippen molar-refractivity contribution in [1.29, 1.82) is 0 Å². The van der Waals surface area contributed by atoms with Crippen LogP contribution in [0.15, 0.2) is 0 Å². The largest absolute Gasteiger partial charge is 0.389 e. The van der Waals surface area contributed by atoms with Crippen molar-refractivity contribution in [1.82, 2.24) is 9.80 Å². The van der Waals surface area contributed by atoms with Crippen LogP contribution in [0.3, 0.4) is 0 Å². The van der Waals surface area contributed by atoms with Crippen molar-refractivity contribution in [2.24, 2.45) is 0 Å². The molecule has 2 unspecified atom stereocenters. The van der Waals surface area contributed by atoms with Gasteiger partial charge in [0.2, 0.25) is 5.91 Å². The Bertz CT molecular complexity index is 289. The molecule has 2 atom stereocenters. The van der Waals surface area contributed by atoms with Crippen LogP contribution in [-0.2, 0) is 4.79 Å². The monoisotopic (exact) mass is 270 g/mol. The first-order valence-electron chi connectivity index (χ1n) is 7.50. The van der Waals surface area contributed by atoms with E-state index in [9.17, 15) is 9.90 Å². The molecule has 0 radical (unpaired) electrons. The van der Waals surface area contributed by atoms with E-state index in [4.69, 9.17) is 0 Å². The number of aliphatic hydroxyl groups is 1. The molecule has 1 aliphatic heterocycles. The molecule has 0 spiro atoms. The fraction of sp³-hybridized carbons (Fsp3) is 0.933. The van der Waals surface area contributed by atoms with Crippen molar-refractivity contribution in [3.63, 3.8) is 0 Å². The minimum atomic E-state index is -0.755. The lowest BCUT2D eigenvalue weighted by atomic mass is 9.97. The predicted octanol–water partition coefficient (Wildman–Crippen LogP) is 1.87. The molecule has 1 saturated heterocycles. The van der Waals surface area contributed by atoms with Crippen LogP contribution in [0.5, 0.6) is 0 Å². The Morgan fingerprint density at radius 3 is 2.26 bits per heavy atom. The summed E-state index contributed by atoms with van der Waals surface area (Å²) in [6.07, 6.45) is 3.43. The van der Waals surface area contributed by atoms with Gasteiger partial charge in [0.05, 0.1) is 12.1 Å². The zero-order valence-corrected chi connectivity index (χ0v) is 13.1. The standard InChI is InChI=1S/C15H30N2O2/c1-6-16(11-15(4,5)19)10-14(18)17-12(2)8-7-9-13(17)3/h12-13,19H,6-11H2,1-5H3. The predicted molar refractivity (Wildman–Crippen MR) is 78.0 cm³/mol. The summed E-state index contributed by atoms with van der Waals surface area (Å²) in [5.41, 5.74) is -0.755. The third kappa shape index (κ3) is 5.11. The molecule has 0 aromatic rings. The van der Waals surface area contributed by atoms with Crippen molar-refractivity contribution < 1.29 is 9.90 Å². The van der Waals surface area contributed by atoms with Gasteiger partial charge in [-0.05, 0) is 53.5 Å². The average molecular weight is 270 g/mol. The van der Waals surface area contributed by atoms with Gasteiger partial charge in [0.1, 0.15) is 0 Å². The lowest BCUT2D eigenvalue weighted by Crippen LogP contribution is -2.52. The molecular formula is C15H30N2O2. The smallest absolute Gasteiger partial charge is 0.237 e. The van der Waals surface area contributed by atoms with Gasteiger partial charge >= 0.3 is 0 Å². The molecule has 1 rings (SSSR count). The van der Waals surface area contributed by atoms with Gasteiger partial charge in [-0.2, -0.15) is 0 Å². The van der Waals surface area contributed by atoms with Gasteiger partial charge in [-0.15, -0.1) is 0 Å².